The van der Waals surface area contributed by atoms with Gasteiger partial charge < -0.3 is 16.4 Å². The minimum Gasteiger partial charge on any atom is -0.368 e. The van der Waals surface area contributed by atoms with Crippen molar-refractivity contribution in [3.63, 3.8) is 0 Å². The van der Waals surface area contributed by atoms with E-state index in [1.54, 1.807) is 0 Å². The zero-order chi connectivity index (χ0) is 19.9. The fraction of sp³-hybridized carbons (Fsp3) is 0.500. The average molecular weight is 401 g/mol. The lowest BCUT2D eigenvalue weighted by Crippen LogP contribution is -2.41. The molecule has 1 saturated carbocycles. The van der Waals surface area contributed by atoms with Crippen molar-refractivity contribution in [3.05, 3.63) is 35.7 Å². The number of nitrogen functional groups attached to an aromatic ring is 1. The van der Waals surface area contributed by atoms with Gasteiger partial charge in [0, 0.05) is 11.7 Å². The Morgan fingerprint density at radius 3 is 2.79 bits per heavy atom. The van der Waals surface area contributed by atoms with Crippen molar-refractivity contribution < 1.29 is 4.79 Å². The van der Waals surface area contributed by atoms with Crippen LogP contribution in [0.3, 0.4) is 0 Å². The molecule has 1 aromatic heterocycles. The number of aromatic nitrogens is 3. The zero-order valence-corrected chi connectivity index (χ0v) is 17.3. The van der Waals surface area contributed by atoms with Gasteiger partial charge in [0.25, 0.3) is 0 Å². The van der Waals surface area contributed by atoms with E-state index in [2.05, 4.69) is 32.5 Å². The van der Waals surface area contributed by atoms with E-state index < -0.39 is 0 Å². The first-order valence-electron chi connectivity index (χ1n) is 9.71. The Bertz CT molecular complexity index is 815. The molecule has 1 aliphatic carbocycles. The molecule has 1 amide bonds. The highest BCUT2D eigenvalue weighted by atomic mass is 32.2. The lowest BCUT2D eigenvalue weighted by molar-refractivity contribution is -0.119. The number of carbonyl (C=O) groups excluding carboxylic acids is 1. The highest BCUT2D eigenvalue weighted by molar-refractivity contribution is 7.99. The van der Waals surface area contributed by atoms with Gasteiger partial charge in [-0.1, -0.05) is 38.0 Å². The first kappa shape index (κ1) is 20.4. The summed E-state index contributed by atoms with van der Waals surface area (Å²) in [4.78, 5) is 25.0. The summed E-state index contributed by atoms with van der Waals surface area (Å²) in [5, 5.41) is 6.35. The van der Waals surface area contributed by atoms with Gasteiger partial charge in [0.1, 0.15) is 5.82 Å². The molecule has 7 nitrogen and oxygen atoms in total. The number of rotatable bonds is 7. The average Bonchev–Trinajstić information content (AvgIpc) is 2.65. The third kappa shape index (κ3) is 5.82. The number of hydrogen-bond acceptors (Lipinski definition) is 7. The first-order chi connectivity index (χ1) is 13.5. The van der Waals surface area contributed by atoms with Gasteiger partial charge in [-0.05, 0) is 37.3 Å². The number of thioether (sulfide) groups is 1. The van der Waals surface area contributed by atoms with Crippen molar-refractivity contribution in [2.24, 2.45) is 5.92 Å². The second kappa shape index (κ2) is 9.73. The number of amides is 1. The van der Waals surface area contributed by atoms with Crippen molar-refractivity contribution in [3.8, 4) is 0 Å². The zero-order valence-electron chi connectivity index (χ0n) is 16.4. The van der Waals surface area contributed by atoms with Crippen LogP contribution in [0.25, 0.3) is 0 Å². The fourth-order valence-corrected chi connectivity index (χ4v) is 4.09. The molecule has 28 heavy (non-hydrogen) atoms. The molecule has 0 bridgehead atoms. The molecule has 0 unspecified atom stereocenters. The van der Waals surface area contributed by atoms with E-state index in [1.165, 1.54) is 31.0 Å². The van der Waals surface area contributed by atoms with Crippen LogP contribution in [0.1, 0.15) is 44.0 Å². The van der Waals surface area contributed by atoms with Crippen LogP contribution in [0, 0.1) is 12.8 Å². The van der Waals surface area contributed by atoms with Gasteiger partial charge in [0.15, 0.2) is 0 Å². The number of hydrogen-bond donors (Lipinski definition) is 3. The van der Waals surface area contributed by atoms with E-state index in [9.17, 15) is 4.79 Å². The van der Waals surface area contributed by atoms with Gasteiger partial charge in [-0.25, -0.2) is 0 Å². The molecule has 8 heteroatoms. The monoisotopic (exact) mass is 400 g/mol. The fourth-order valence-electron chi connectivity index (χ4n) is 3.41. The van der Waals surface area contributed by atoms with Crippen LogP contribution < -0.4 is 16.4 Å². The number of nitrogens with one attached hydrogen (secondary N) is 2. The Labute approximate surface area is 170 Å². The molecule has 0 radical (unpaired) electrons. The molecule has 1 fully saturated rings. The molecule has 0 aliphatic heterocycles. The summed E-state index contributed by atoms with van der Waals surface area (Å²) in [6.07, 6.45) is 4.74. The number of anilines is 3. The van der Waals surface area contributed by atoms with Crippen molar-refractivity contribution in [2.45, 2.75) is 51.3 Å². The SMILES string of the molecule is Cc1ccccc1Nc1nc(N)nc(CSCC(=O)N[C@H]2CCCC[C@H]2C)n1. The largest absolute Gasteiger partial charge is 0.368 e. The number of aryl methyl sites for hydroxylation is 1. The summed E-state index contributed by atoms with van der Waals surface area (Å²) in [5.41, 5.74) is 7.84. The molecular weight excluding hydrogens is 372 g/mol. The molecule has 1 heterocycles. The van der Waals surface area contributed by atoms with Gasteiger partial charge >= 0.3 is 0 Å². The third-order valence-corrected chi connectivity index (χ3v) is 5.94. The number of benzene rings is 1. The maximum absolute atomic E-state index is 12.2. The van der Waals surface area contributed by atoms with Crippen LogP contribution in [-0.2, 0) is 10.5 Å². The predicted molar refractivity (Wildman–Crippen MR) is 114 cm³/mol. The Morgan fingerprint density at radius 1 is 1.21 bits per heavy atom. The topological polar surface area (TPSA) is 106 Å². The molecule has 150 valence electrons. The Morgan fingerprint density at radius 2 is 2.00 bits per heavy atom. The smallest absolute Gasteiger partial charge is 0.232 e. The van der Waals surface area contributed by atoms with Crippen molar-refractivity contribution in [1.29, 1.82) is 0 Å². The predicted octanol–water partition coefficient (Wildman–Crippen LogP) is 3.43. The van der Waals surface area contributed by atoms with Gasteiger partial charge in [0.05, 0.1) is 11.5 Å². The minimum absolute atomic E-state index is 0.0732. The third-order valence-electron chi connectivity index (χ3n) is 5.01. The Hall–Kier alpha value is -2.35. The van der Waals surface area contributed by atoms with E-state index in [1.807, 2.05) is 31.2 Å². The van der Waals surface area contributed by atoms with Crippen molar-refractivity contribution in [2.75, 3.05) is 16.8 Å². The molecule has 3 rings (SSSR count). The first-order valence-corrected chi connectivity index (χ1v) is 10.9. The maximum atomic E-state index is 12.2. The second-order valence-electron chi connectivity index (χ2n) is 7.30. The van der Waals surface area contributed by atoms with E-state index in [0.29, 0.717) is 35.2 Å². The Balaban J connectivity index is 1.52. The number of nitrogens with two attached hydrogens (primary N) is 1. The normalized spacial score (nSPS) is 19.2. The van der Waals surface area contributed by atoms with Gasteiger partial charge in [0.2, 0.25) is 17.8 Å². The molecule has 4 N–H and O–H groups in total. The number of para-hydroxylation sites is 1. The van der Waals surface area contributed by atoms with Crippen LogP contribution in [-0.4, -0.2) is 32.7 Å². The van der Waals surface area contributed by atoms with Crippen LogP contribution >= 0.6 is 11.8 Å². The van der Waals surface area contributed by atoms with Gasteiger partial charge in [-0.15, -0.1) is 11.8 Å². The minimum atomic E-state index is 0.0732. The molecule has 1 aliphatic rings. The van der Waals surface area contributed by atoms with Crippen LogP contribution in [0.15, 0.2) is 24.3 Å². The van der Waals surface area contributed by atoms with E-state index in [-0.39, 0.29) is 11.9 Å². The lowest BCUT2D eigenvalue weighted by Gasteiger charge is -2.29. The summed E-state index contributed by atoms with van der Waals surface area (Å²) >= 11 is 1.48. The van der Waals surface area contributed by atoms with Crippen molar-refractivity contribution >= 4 is 35.3 Å². The molecular formula is C20H28N6OS. The van der Waals surface area contributed by atoms with E-state index >= 15 is 0 Å². The molecule has 2 aromatic rings. The van der Waals surface area contributed by atoms with Gasteiger partial charge in [-0.3, -0.25) is 4.79 Å². The molecule has 2 atom stereocenters. The number of nitrogens with zero attached hydrogens (tertiary/aromatic N) is 3. The van der Waals surface area contributed by atoms with Crippen molar-refractivity contribution in [1.82, 2.24) is 20.3 Å². The quantitative estimate of drug-likeness (QED) is 0.654. The molecule has 0 spiro atoms. The highest BCUT2D eigenvalue weighted by Gasteiger charge is 2.22. The summed E-state index contributed by atoms with van der Waals surface area (Å²) in [6, 6.07) is 8.20. The molecule has 1 aromatic carbocycles. The van der Waals surface area contributed by atoms with Crippen LogP contribution in [0.2, 0.25) is 0 Å². The second-order valence-corrected chi connectivity index (χ2v) is 8.29. The maximum Gasteiger partial charge on any atom is 0.232 e. The lowest BCUT2D eigenvalue weighted by atomic mass is 9.86. The number of carbonyl (C=O) groups is 1. The summed E-state index contributed by atoms with van der Waals surface area (Å²) in [5.74, 6) is 2.66. The van der Waals surface area contributed by atoms with E-state index in [4.69, 9.17) is 5.73 Å². The van der Waals surface area contributed by atoms with Crippen LogP contribution in [0.4, 0.5) is 17.6 Å². The molecule has 0 saturated heterocycles. The highest BCUT2D eigenvalue weighted by Crippen LogP contribution is 2.24. The van der Waals surface area contributed by atoms with E-state index in [0.717, 1.165) is 17.7 Å². The summed E-state index contributed by atoms with van der Waals surface area (Å²) in [6.45, 7) is 4.23. The summed E-state index contributed by atoms with van der Waals surface area (Å²) < 4.78 is 0. The standard InChI is InChI=1S/C20H28N6OS/c1-13-7-3-5-9-15(13)22-18(27)12-28-11-17-24-19(21)26-20(25-17)23-16-10-6-4-8-14(16)2/h4,6,8,10,13,15H,3,5,7,9,11-12H2,1-2H3,(H,22,27)(H3,21,23,24,25,26)/t13-,15+/m1/s1. The summed E-state index contributed by atoms with van der Waals surface area (Å²) in [7, 11) is 0. The van der Waals surface area contributed by atoms with Crippen LogP contribution in [0.5, 0.6) is 0 Å². The Kier molecular flexibility index (Phi) is 7.08. The van der Waals surface area contributed by atoms with Gasteiger partial charge in [-0.2, -0.15) is 15.0 Å².